The quantitative estimate of drug-likeness (QED) is 0.238. The number of carbonyl (C=O) groups excluding carboxylic acids is 2. The topological polar surface area (TPSA) is 119 Å². The molecule has 0 aliphatic heterocycles. The van der Waals surface area contributed by atoms with Gasteiger partial charge >= 0.3 is 29.9 Å². The number of carbonyl (C=O) groups is 2. The molecule has 8 nitrogen and oxygen atoms in total. The van der Waals surface area contributed by atoms with E-state index in [1.807, 2.05) is 20.8 Å². The Hall–Kier alpha value is -1.61. The van der Waals surface area contributed by atoms with E-state index >= 15 is 0 Å². The average Bonchev–Trinajstić information content (AvgIpc) is 2.67. The zero-order chi connectivity index (χ0) is 30.1. The number of halogens is 6. The van der Waals surface area contributed by atoms with Gasteiger partial charge in [-0.05, 0) is 69.7 Å². The Morgan fingerprint density at radius 3 is 1.82 bits per heavy atom. The highest BCUT2D eigenvalue weighted by Crippen LogP contribution is 2.64. The minimum absolute atomic E-state index is 0.0927. The van der Waals surface area contributed by atoms with Crippen LogP contribution in [0.4, 0.5) is 26.3 Å². The molecule has 2 N–H and O–H groups in total. The number of rotatable bonds is 8. The highest BCUT2D eigenvalue weighted by atomic mass is 32.2. The van der Waals surface area contributed by atoms with Crippen molar-refractivity contribution in [1.82, 2.24) is 5.32 Å². The van der Waals surface area contributed by atoms with Crippen LogP contribution in [0.1, 0.15) is 72.6 Å². The largest absolute Gasteiger partial charge is 0.458 e. The van der Waals surface area contributed by atoms with Crippen molar-refractivity contribution in [1.29, 1.82) is 0 Å². The van der Waals surface area contributed by atoms with Crippen LogP contribution < -0.4 is 5.32 Å². The molecule has 4 saturated carbocycles. The first kappa shape index (κ1) is 31.9. The standard InChI is InChI=1S/C24H35F6NO7S/c1-18(2,3)11-19(4,31-5)16(32)37-21-9-14-6-15(10-21)8-20(7-14,12-21)17(33)38-22(23(25,26)27,24(28,29)30)13-39(34,35)36/h14-15,31H,6-13H2,1-5H3,(H,34,35,36). The van der Waals surface area contributed by atoms with Crippen molar-refractivity contribution in [2.75, 3.05) is 12.8 Å². The fourth-order valence-electron chi connectivity index (χ4n) is 7.16. The first-order chi connectivity index (χ1) is 17.3. The van der Waals surface area contributed by atoms with Crippen LogP contribution >= 0.6 is 0 Å². The zero-order valence-electron chi connectivity index (χ0n) is 22.4. The number of hydrogen-bond donors (Lipinski definition) is 2. The van der Waals surface area contributed by atoms with Gasteiger partial charge in [0.15, 0.2) is 0 Å². The SMILES string of the molecule is CNC(C)(CC(C)(C)C)C(=O)OC12CC3CC(C1)CC(C(=O)OC(CS(=O)(=O)O)(C(F)(F)F)C(F)(F)F)(C3)C2. The maximum Gasteiger partial charge on any atom is 0.438 e. The summed E-state index contributed by atoms with van der Waals surface area (Å²) in [5.74, 6) is -6.13. The van der Waals surface area contributed by atoms with Gasteiger partial charge in [-0.25, -0.2) is 0 Å². The Morgan fingerprint density at radius 1 is 0.949 bits per heavy atom. The Kier molecular flexibility index (Phi) is 7.75. The van der Waals surface area contributed by atoms with Crippen LogP contribution in [0.15, 0.2) is 0 Å². The molecule has 0 heterocycles. The molecular weight excluding hydrogens is 560 g/mol. The van der Waals surface area contributed by atoms with Crippen LogP contribution in [-0.2, 0) is 29.2 Å². The Labute approximate surface area is 223 Å². The monoisotopic (exact) mass is 595 g/mol. The van der Waals surface area contributed by atoms with E-state index in [0.717, 1.165) is 0 Å². The van der Waals surface area contributed by atoms with Gasteiger partial charge in [-0.15, -0.1) is 0 Å². The molecule has 3 atom stereocenters. The van der Waals surface area contributed by atoms with Crippen molar-refractivity contribution >= 4 is 22.1 Å². The second kappa shape index (κ2) is 9.47. The molecule has 4 bridgehead atoms. The second-order valence-corrected chi connectivity index (χ2v) is 14.5. The third kappa shape index (κ3) is 6.19. The Balaban J connectivity index is 1.98. The molecule has 39 heavy (non-hydrogen) atoms. The molecule has 15 heteroatoms. The van der Waals surface area contributed by atoms with E-state index in [9.17, 15) is 44.3 Å². The lowest BCUT2D eigenvalue weighted by Gasteiger charge is -2.60. The van der Waals surface area contributed by atoms with Gasteiger partial charge in [0.25, 0.3) is 10.1 Å². The summed E-state index contributed by atoms with van der Waals surface area (Å²) in [5, 5.41) is 2.94. The summed E-state index contributed by atoms with van der Waals surface area (Å²) in [6, 6.07) is 0. The van der Waals surface area contributed by atoms with Gasteiger partial charge in [-0.3, -0.25) is 14.1 Å². The van der Waals surface area contributed by atoms with E-state index in [-0.39, 0.29) is 49.4 Å². The molecule has 0 spiro atoms. The molecule has 0 saturated heterocycles. The maximum atomic E-state index is 13.8. The molecule has 4 aliphatic carbocycles. The average molecular weight is 596 g/mol. The van der Waals surface area contributed by atoms with E-state index in [0.29, 0.717) is 12.8 Å². The maximum absolute atomic E-state index is 13.8. The van der Waals surface area contributed by atoms with Gasteiger partial charge < -0.3 is 14.8 Å². The highest BCUT2D eigenvalue weighted by Gasteiger charge is 2.77. The van der Waals surface area contributed by atoms with Crippen LogP contribution in [0.25, 0.3) is 0 Å². The third-order valence-corrected chi connectivity index (χ3v) is 8.98. The minimum Gasteiger partial charge on any atom is -0.458 e. The van der Waals surface area contributed by atoms with E-state index in [4.69, 9.17) is 9.29 Å². The zero-order valence-corrected chi connectivity index (χ0v) is 23.2. The van der Waals surface area contributed by atoms with Crippen molar-refractivity contribution in [2.45, 2.75) is 102 Å². The number of hydrogen-bond acceptors (Lipinski definition) is 7. The van der Waals surface area contributed by atoms with Gasteiger partial charge in [0.1, 0.15) is 16.9 Å². The number of likely N-dealkylation sites (N-methyl/N-ethyl adjacent to an activating group) is 1. The molecule has 0 aromatic heterocycles. The van der Waals surface area contributed by atoms with Gasteiger partial charge in [0.05, 0.1) is 5.41 Å². The molecule has 4 rings (SSSR count). The minimum atomic E-state index is -6.41. The predicted octanol–water partition coefficient (Wildman–Crippen LogP) is 4.58. The summed E-state index contributed by atoms with van der Waals surface area (Å²) in [6.45, 7) is 7.35. The lowest BCUT2D eigenvalue weighted by molar-refractivity contribution is -0.364. The van der Waals surface area contributed by atoms with E-state index in [1.165, 1.54) is 0 Å². The van der Waals surface area contributed by atoms with Gasteiger partial charge in [0, 0.05) is 6.42 Å². The second-order valence-electron chi connectivity index (χ2n) is 13.1. The molecule has 0 aromatic rings. The predicted molar refractivity (Wildman–Crippen MR) is 125 cm³/mol. The molecular formula is C24H35F6NO7S. The molecule has 226 valence electrons. The number of esters is 2. The van der Waals surface area contributed by atoms with Crippen molar-refractivity contribution in [3.63, 3.8) is 0 Å². The lowest BCUT2D eigenvalue weighted by atomic mass is 9.48. The number of ether oxygens (including phenoxy) is 2. The molecule has 0 radical (unpaired) electrons. The van der Waals surface area contributed by atoms with Gasteiger partial charge in [0.2, 0.25) is 0 Å². The lowest BCUT2D eigenvalue weighted by Crippen LogP contribution is -2.67. The van der Waals surface area contributed by atoms with Crippen LogP contribution in [0.5, 0.6) is 0 Å². The summed E-state index contributed by atoms with van der Waals surface area (Å²) >= 11 is 0. The molecule has 3 unspecified atom stereocenters. The van der Waals surface area contributed by atoms with Crippen molar-refractivity contribution in [3.8, 4) is 0 Å². The fraction of sp³-hybridized carbons (Fsp3) is 0.917. The summed E-state index contributed by atoms with van der Waals surface area (Å²) in [4.78, 5) is 26.7. The van der Waals surface area contributed by atoms with E-state index in [2.05, 4.69) is 10.1 Å². The van der Waals surface area contributed by atoms with Gasteiger partial charge in [-0.2, -0.15) is 34.8 Å². The first-order valence-corrected chi connectivity index (χ1v) is 14.2. The van der Waals surface area contributed by atoms with Crippen LogP contribution in [0.3, 0.4) is 0 Å². The summed E-state index contributed by atoms with van der Waals surface area (Å²) in [7, 11) is -4.34. The van der Waals surface area contributed by atoms with Crippen LogP contribution in [0.2, 0.25) is 0 Å². The first-order valence-electron chi connectivity index (χ1n) is 12.5. The molecule has 4 aliphatic rings. The van der Waals surface area contributed by atoms with Crippen LogP contribution in [-0.4, -0.2) is 66.8 Å². The Bertz CT molecular complexity index is 1070. The van der Waals surface area contributed by atoms with Gasteiger partial charge in [-0.1, -0.05) is 20.8 Å². The summed E-state index contributed by atoms with van der Waals surface area (Å²) in [5.41, 5.74) is -10.1. The van der Waals surface area contributed by atoms with Crippen molar-refractivity contribution in [3.05, 3.63) is 0 Å². The van der Waals surface area contributed by atoms with Crippen LogP contribution in [0, 0.1) is 22.7 Å². The van der Waals surface area contributed by atoms with E-state index in [1.54, 1.807) is 14.0 Å². The number of alkyl halides is 6. The van der Waals surface area contributed by atoms with Crippen molar-refractivity contribution < 1.29 is 58.4 Å². The molecule has 0 amide bonds. The summed E-state index contributed by atoms with van der Waals surface area (Å²) in [6.07, 6.45) is -11.9. The fourth-order valence-corrected chi connectivity index (χ4v) is 8.06. The Morgan fingerprint density at radius 2 is 1.44 bits per heavy atom. The van der Waals surface area contributed by atoms with E-state index < -0.39 is 62.3 Å². The smallest absolute Gasteiger partial charge is 0.438 e. The highest BCUT2D eigenvalue weighted by molar-refractivity contribution is 7.85. The summed E-state index contributed by atoms with van der Waals surface area (Å²) < 4.78 is 125. The normalized spacial score (nSPS) is 31.1. The van der Waals surface area contributed by atoms with Crippen molar-refractivity contribution in [2.24, 2.45) is 22.7 Å². The number of nitrogens with one attached hydrogen (secondary N) is 1. The molecule has 0 aromatic carbocycles. The molecule has 4 fully saturated rings. The third-order valence-electron chi connectivity index (χ3n) is 8.20.